The maximum Gasteiger partial charge on any atom is 0.192 e. The van der Waals surface area contributed by atoms with Crippen molar-refractivity contribution < 1.29 is 23.1 Å². The van der Waals surface area contributed by atoms with Crippen LogP contribution >= 0.6 is 0 Å². The second-order valence-corrected chi connectivity index (χ2v) is 20.6. The van der Waals surface area contributed by atoms with E-state index in [9.17, 15) is 4.79 Å². The van der Waals surface area contributed by atoms with Crippen LogP contribution in [-0.4, -0.2) is 54.1 Å². The SMILES string of the molecule is CC(C)(C)[Si](C)(C)OCC1(CCCC=CCC2=CC(O[Si](C)(C)C)CC2=O)OCCO1. The topological polar surface area (TPSA) is 54.0 Å². The number of hydrogen-bond donors (Lipinski definition) is 0. The predicted molar refractivity (Wildman–Crippen MR) is 131 cm³/mol. The number of ether oxygens (including phenoxy) is 2. The molecule has 0 N–H and O–H groups in total. The second kappa shape index (κ2) is 10.6. The fourth-order valence-electron chi connectivity index (χ4n) is 3.52. The van der Waals surface area contributed by atoms with Crippen LogP contribution in [0.1, 0.15) is 52.9 Å². The molecule has 0 aromatic rings. The molecule has 1 aliphatic heterocycles. The molecule has 31 heavy (non-hydrogen) atoms. The number of ketones is 1. The van der Waals surface area contributed by atoms with Gasteiger partial charge in [-0.25, -0.2) is 0 Å². The molecule has 1 unspecified atom stereocenters. The maximum absolute atomic E-state index is 12.2. The molecule has 0 bridgehead atoms. The molecule has 1 fully saturated rings. The van der Waals surface area contributed by atoms with Crippen molar-refractivity contribution in [1.82, 2.24) is 0 Å². The summed E-state index contributed by atoms with van der Waals surface area (Å²) >= 11 is 0. The quantitative estimate of drug-likeness (QED) is 0.212. The lowest BCUT2D eigenvalue weighted by Gasteiger charge is -2.39. The Kier molecular flexibility index (Phi) is 9.09. The van der Waals surface area contributed by atoms with Gasteiger partial charge in [-0.15, -0.1) is 0 Å². The fraction of sp³-hybridized carbons (Fsp3) is 0.792. The molecule has 1 atom stereocenters. The monoisotopic (exact) mass is 468 g/mol. The largest absolute Gasteiger partial charge is 0.411 e. The highest BCUT2D eigenvalue weighted by atomic mass is 28.4. The van der Waals surface area contributed by atoms with E-state index < -0.39 is 22.4 Å². The number of allylic oxidation sites excluding steroid dienone is 3. The Morgan fingerprint density at radius 3 is 2.35 bits per heavy atom. The Morgan fingerprint density at radius 2 is 1.77 bits per heavy atom. The summed E-state index contributed by atoms with van der Waals surface area (Å²) < 4.78 is 24.4. The molecule has 0 radical (unpaired) electrons. The minimum Gasteiger partial charge on any atom is -0.411 e. The van der Waals surface area contributed by atoms with Gasteiger partial charge in [-0.2, -0.15) is 0 Å². The van der Waals surface area contributed by atoms with Crippen molar-refractivity contribution >= 4 is 22.4 Å². The van der Waals surface area contributed by atoms with Gasteiger partial charge in [0.05, 0.1) is 25.9 Å². The summed E-state index contributed by atoms with van der Waals surface area (Å²) in [5.41, 5.74) is 0.890. The second-order valence-electron chi connectivity index (χ2n) is 11.3. The van der Waals surface area contributed by atoms with Crippen molar-refractivity contribution in [2.24, 2.45) is 0 Å². The average molecular weight is 469 g/mol. The molecular weight excluding hydrogens is 424 g/mol. The summed E-state index contributed by atoms with van der Waals surface area (Å²) in [5, 5.41) is 0.168. The molecule has 0 spiro atoms. The third kappa shape index (κ3) is 8.37. The van der Waals surface area contributed by atoms with Crippen molar-refractivity contribution in [3.05, 3.63) is 23.8 Å². The number of carbonyl (C=O) groups excluding carboxylic acids is 1. The van der Waals surface area contributed by atoms with Crippen molar-refractivity contribution in [3.8, 4) is 0 Å². The predicted octanol–water partition coefficient (Wildman–Crippen LogP) is 5.99. The molecule has 178 valence electrons. The number of rotatable bonds is 11. The van der Waals surface area contributed by atoms with Gasteiger partial charge in [0.2, 0.25) is 0 Å². The molecule has 0 amide bonds. The molecular formula is C24H44O5Si2. The third-order valence-electron chi connectivity index (χ3n) is 6.34. The van der Waals surface area contributed by atoms with Crippen LogP contribution in [0.3, 0.4) is 0 Å². The standard InChI is InChI=1S/C24H44O5Si2/c1-23(2,3)31(7,8)28-19-24(26-15-16-27-24)14-12-10-9-11-13-20-17-21(18-22(20)25)29-30(4,5)6/h9,11,17,21H,10,12-16,18-19H2,1-8H3. The normalized spacial score (nSPS) is 22.5. The van der Waals surface area contributed by atoms with E-state index in [2.05, 4.69) is 65.7 Å². The van der Waals surface area contributed by atoms with Crippen LogP contribution in [0.15, 0.2) is 23.8 Å². The van der Waals surface area contributed by atoms with Crippen LogP contribution in [-0.2, 0) is 23.1 Å². The molecule has 1 heterocycles. The summed E-state index contributed by atoms with van der Waals surface area (Å²) in [7, 11) is -3.47. The Balaban J connectivity index is 1.77. The van der Waals surface area contributed by atoms with Crippen molar-refractivity contribution in [3.63, 3.8) is 0 Å². The lowest BCUT2D eigenvalue weighted by molar-refractivity contribution is -0.184. The van der Waals surface area contributed by atoms with Crippen molar-refractivity contribution in [1.29, 1.82) is 0 Å². The Hall–Kier alpha value is -0.576. The van der Waals surface area contributed by atoms with Gasteiger partial charge in [0.1, 0.15) is 0 Å². The molecule has 5 nitrogen and oxygen atoms in total. The van der Waals surface area contributed by atoms with Gasteiger partial charge in [0, 0.05) is 12.8 Å². The summed E-state index contributed by atoms with van der Waals surface area (Å²) in [4.78, 5) is 12.2. The Morgan fingerprint density at radius 1 is 1.13 bits per heavy atom. The molecule has 0 saturated carbocycles. The molecule has 0 aromatic carbocycles. The van der Waals surface area contributed by atoms with E-state index in [1.54, 1.807) is 0 Å². The lowest BCUT2D eigenvalue weighted by Crippen LogP contribution is -2.46. The minimum absolute atomic E-state index is 0.0278. The zero-order valence-corrected chi connectivity index (χ0v) is 23.0. The van der Waals surface area contributed by atoms with Gasteiger partial charge in [-0.05, 0) is 68.7 Å². The highest BCUT2D eigenvalue weighted by Crippen LogP contribution is 2.38. The van der Waals surface area contributed by atoms with Gasteiger partial charge in [0.15, 0.2) is 28.2 Å². The molecule has 2 aliphatic rings. The van der Waals surface area contributed by atoms with Crippen LogP contribution in [0.25, 0.3) is 0 Å². The van der Waals surface area contributed by atoms with E-state index in [-0.39, 0.29) is 16.9 Å². The molecule has 2 rings (SSSR count). The molecule has 1 saturated heterocycles. The zero-order valence-electron chi connectivity index (χ0n) is 21.0. The first-order valence-electron chi connectivity index (χ1n) is 11.7. The first kappa shape index (κ1) is 26.7. The van der Waals surface area contributed by atoms with Gasteiger partial charge in [-0.3, -0.25) is 4.79 Å². The summed E-state index contributed by atoms with van der Waals surface area (Å²) in [5.74, 6) is -0.378. The number of unbranched alkanes of at least 4 members (excludes halogenated alkanes) is 1. The van der Waals surface area contributed by atoms with E-state index >= 15 is 0 Å². The molecule has 7 heteroatoms. The Bertz CT molecular complexity index is 664. The average Bonchev–Trinajstić information content (AvgIpc) is 3.21. The van der Waals surface area contributed by atoms with Gasteiger partial charge in [-0.1, -0.05) is 32.9 Å². The summed E-state index contributed by atoms with van der Waals surface area (Å²) in [6.45, 7) is 19.5. The van der Waals surface area contributed by atoms with Crippen LogP contribution in [0.2, 0.25) is 37.8 Å². The highest BCUT2D eigenvalue weighted by molar-refractivity contribution is 6.74. The number of carbonyl (C=O) groups is 1. The summed E-state index contributed by atoms with van der Waals surface area (Å²) in [6, 6.07) is 0. The Labute approximate surface area is 191 Å². The van der Waals surface area contributed by atoms with Gasteiger partial charge < -0.3 is 18.3 Å². The maximum atomic E-state index is 12.2. The highest BCUT2D eigenvalue weighted by Gasteiger charge is 2.42. The van der Waals surface area contributed by atoms with Crippen LogP contribution < -0.4 is 0 Å². The van der Waals surface area contributed by atoms with E-state index in [0.29, 0.717) is 32.7 Å². The van der Waals surface area contributed by atoms with E-state index in [4.69, 9.17) is 18.3 Å². The number of Topliss-reactive ketones (excluding diaryl/α,β-unsaturated/α-hetero) is 1. The smallest absolute Gasteiger partial charge is 0.192 e. The van der Waals surface area contributed by atoms with E-state index in [0.717, 1.165) is 24.8 Å². The van der Waals surface area contributed by atoms with E-state index in [1.807, 2.05) is 6.08 Å². The number of hydrogen-bond acceptors (Lipinski definition) is 5. The third-order valence-corrected chi connectivity index (χ3v) is 11.8. The molecule has 1 aliphatic carbocycles. The minimum atomic E-state index is -1.84. The lowest BCUT2D eigenvalue weighted by atomic mass is 10.1. The van der Waals surface area contributed by atoms with E-state index in [1.165, 1.54) is 0 Å². The first-order valence-corrected chi connectivity index (χ1v) is 18.0. The van der Waals surface area contributed by atoms with Crippen LogP contribution in [0, 0.1) is 0 Å². The fourth-order valence-corrected chi connectivity index (χ4v) is 5.60. The van der Waals surface area contributed by atoms with Gasteiger partial charge in [0.25, 0.3) is 0 Å². The molecule has 0 aromatic heterocycles. The first-order chi connectivity index (χ1) is 14.2. The van der Waals surface area contributed by atoms with Crippen LogP contribution in [0.4, 0.5) is 0 Å². The van der Waals surface area contributed by atoms with Crippen molar-refractivity contribution in [2.75, 3.05) is 19.8 Å². The zero-order chi connectivity index (χ0) is 23.3. The van der Waals surface area contributed by atoms with Gasteiger partial charge >= 0.3 is 0 Å². The summed E-state index contributed by atoms with van der Waals surface area (Å²) in [6.07, 6.45) is 10.2. The van der Waals surface area contributed by atoms with Crippen LogP contribution in [0.5, 0.6) is 0 Å². The van der Waals surface area contributed by atoms with Crippen molar-refractivity contribution in [2.45, 2.75) is 103 Å².